The lowest BCUT2D eigenvalue weighted by molar-refractivity contribution is 0.0914. The van der Waals surface area contributed by atoms with Gasteiger partial charge in [-0.05, 0) is 59.3 Å². The molecule has 1 aliphatic rings. The fraction of sp³-hybridized carbons (Fsp3) is 0.385. The van der Waals surface area contributed by atoms with Crippen molar-refractivity contribution >= 4 is 10.9 Å². The SMILES string of the molecule is COc1ccc2cc(CN(Cc3ccc(C)cc3)Cc3nnnn3C[C@@H]3CCCO3)c(=O)[nH]c2c1. The first-order chi connectivity index (χ1) is 17.1. The van der Waals surface area contributed by atoms with Crippen LogP contribution in [0.1, 0.15) is 35.4 Å². The molecule has 35 heavy (non-hydrogen) atoms. The number of fused-ring (bicyclic) bond motifs is 1. The van der Waals surface area contributed by atoms with Crippen molar-refractivity contribution in [3.05, 3.63) is 81.4 Å². The number of nitrogens with one attached hydrogen (secondary N) is 1. The van der Waals surface area contributed by atoms with Gasteiger partial charge >= 0.3 is 0 Å². The minimum atomic E-state index is -0.112. The third kappa shape index (κ3) is 5.58. The van der Waals surface area contributed by atoms with Gasteiger partial charge in [-0.3, -0.25) is 9.69 Å². The molecule has 0 unspecified atom stereocenters. The summed E-state index contributed by atoms with van der Waals surface area (Å²) >= 11 is 0. The van der Waals surface area contributed by atoms with E-state index in [1.165, 1.54) is 5.56 Å². The van der Waals surface area contributed by atoms with E-state index in [1.807, 2.05) is 28.9 Å². The number of ether oxygens (including phenoxy) is 2. The van der Waals surface area contributed by atoms with Crippen LogP contribution < -0.4 is 10.3 Å². The predicted molar refractivity (Wildman–Crippen MR) is 132 cm³/mol. The minimum absolute atomic E-state index is 0.112. The van der Waals surface area contributed by atoms with Crippen LogP contribution >= 0.6 is 0 Å². The number of pyridine rings is 1. The molecule has 3 heterocycles. The highest BCUT2D eigenvalue weighted by molar-refractivity contribution is 5.80. The Kier molecular flexibility index (Phi) is 6.87. The van der Waals surface area contributed by atoms with Crippen molar-refractivity contribution in [3.8, 4) is 5.75 Å². The maximum Gasteiger partial charge on any atom is 0.252 e. The zero-order valence-corrected chi connectivity index (χ0v) is 20.1. The maximum atomic E-state index is 13.0. The first kappa shape index (κ1) is 23.2. The van der Waals surface area contributed by atoms with Gasteiger partial charge in [0.2, 0.25) is 0 Å². The second-order valence-electron chi connectivity index (χ2n) is 9.12. The van der Waals surface area contributed by atoms with Crippen LogP contribution in [0.3, 0.4) is 0 Å². The predicted octanol–water partition coefficient (Wildman–Crippen LogP) is 3.21. The van der Waals surface area contributed by atoms with Gasteiger partial charge in [-0.1, -0.05) is 29.8 Å². The maximum absolute atomic E-state index is 13.0. The van der Waals surface area contributed by atoms with Crippen LogP contribution in [0, 0.1) is 6.92 Å². The summed E-state index contributed by atoms with van der Waals surface area (Å²) < 4.78 is 12.9. The topological polar surface area (TPSA) is 98.2 Å². The van der Waals surface area contributed by atoms with Crippen molar-refractivity contribution in [2.24, 2.45) is 0 Å². The second kappa shape index (κ2) is 10.4. The highest BCUT2D eigenvalue weighted by atomic mass is 16.5. The quantitative estimate of drug-likeness (QED) is 0.398. The summed E-state index contributed by atoms with van der Waals surface area (Å²) in [5, 5.41) is 13.4. The van der Waals surface area contributed by atoms with Gasteiger partial charge in [0, 0.05) is 31.3 Å². The Balaban J connectivity index is 1.42. The number of hydrogen-bond acceptors (Lipinski definition) is 7. The van der Waals surface area contributed by atoms with Crippen LogP contribution in [0.4, 0.5) is 0 Å². The van der Waals surface area contributed by atoms with Gasteiger partial charge in [0.25, 0.3) is 5.56 Å². The molecular weight excluding hydrogens is 444 g/mol. The molecule has 1 N–H and O–H groups in total. The summed E-state index contributed by atoms with van der Waals surface area (Å²) in [5.41, 5.74) is 3.70. The Bertz CT molecular complexity index is 1340. The van der Waals surface area contributed by atoms with Gasteiger partial charge in [-0.25, -0.2) is 4.68 Å². The fourth-order valence-electron chi connectivity index (χ4n) is 4.49. The third-order valence-electron chi connectivity index (χ3n) is 6.42. The number of aromatic nitrogens is 5. The molecule has 0 radical (unpaired) electrons. The Labute approximate surface area is 203 Å². The van der Waals surface area contributed by atoms with Gasteiger partial charge < -0.3 is 14.5 Å². The van der Waals surface area contributed by atoms with Crippen LogP contribution in [0.2, 0.25) is 0 Å². The summed E-state index contributed by atoms with van der Waals surface area (Å²) in [4.78, 5) is 18.2. The minimum Gasteiger partial charge on any atom is -0.497 e. The van der Waals surface area contributed by atoms with E-state index in [2.05, 4.69) is 56.6 Å². The van der Waals surface area contributed by atoms with Crippen LogP contribution in [-0.2, 0) is 30.9 Å². The summed E-state index contributed by atoms with van der Waals surface area (Å²) in [6, 6.07) is 16.1. The molecule has 2 aromatic heterocycles. The van der Waals surface area contributed by atoms with Crippen LogP contribution in [-0.4, -0.2) is 49.9 Å². The normalized spacial score (nSPS) is 15.8. The van der Waals surface area contributed by atoms with E-state index in [4.69, 9.17) is 9.47 Å². The number of aromatic amines is 1. The summed E-state index contributed by atoms with van der Waals surface area (Å²) in [6.07, 6.45) is 2.23. The van der Waals surface area contributed by atoms with Crippen molar-refractivity contribution < 1.29 is 9.47 Å². The standard InChI is InChI=1S/C26H30N6O3/c1-18-5-7-19(8-6-18)14-31(17-25-28-29-30-32(25)16-23-4-3-11-35-23)15-21-12-20-9-10-22(34-2)13-24(20)27-26(21)33/h5-10,12-13,23H,3-4,11,14-17H2,1-2H3,(H,27,33)/t23-/m0/s1. The lowest BCUT2D eigenvalue weighted by Gasteiger charge is -2.22. The molecule has 182 valence electrons. The van der Waals surface area contributed by atoms with E-state index >= 15 is 0 Å². The average Bonchev–Trinajstić information content (AvgIpc) is 3.53. The van der Waals surface area contributed by atoms with Crippen molar-refractivity contribution in [2.45, 2.75) is 52.0 Å². The van der Waals surface area contributed by atoms with E-state index < -0.39 is 0 Å². The fourth-order valence-corrected chi connectivity index (χ4v) is 4.49. The van der Waals surface area contributed by atoms with Gasteiger partial charge in [0.1, 0.15) is 5.75 Å². The monoisotopic (exact) mass is 474 g/mol. The Hall–Kier alpha value is -3.56. The number of benzene rings is 2. The molecule has 0 amide bonds. The summed E-state index contributed by atoms with van der Waals surface area (Å²) in [5.74, 6) is 1.47. The average molecular weight is 475 g/mol. The number of tetrazole rings is 1. The summed E-state index contributed by atoms with van der Waals surface area (Å²) in [7, 11) is 1.61. The third-order valence-corrected chi connectivity index (χ3v) is 6.42. The molecule has 0 aliphatic carbocycles. The number of hydrogen-bond donors (Lipinski definition) is 1. The summed E-state index contributed by atoms with van der Waals surface area (Å²) in [6.45, 7) is 5.13. The lowest BCUT2D eigenvalue weighted by Crippen LogP contribution is -2.29. The zero-order chi connectivity index (χ0) is 24.2. The number of H-pyrrole nitrogens is 1. The zero-order valence-electron chi connectivity index (χ0n) is 20.1. The number of nitrogens with zero attached hydrogens (tertiary/aromatic N) is 5. The molecule has 1 aliphatic heterocycles. The molecular formula is C26H30N6O3. The van der Waals surface area contributed by atoms with Crippen LogP contribution in [0.15, 0.2) is 53.3 Å². The number of aryl methyl sites for hydroxylation is 1. The largest absolute Gasteiger partial charge is 0.497 e. The molecule has 0 spiro atoms. The molecule has 5 rings (SSSR count). The highest BCUT2D eigenvalue weighted by Crippen LogP contribution is 2.20. The first-order valence-corrected chi connectivity index (χ1v) is 11.9. The number of methoxy groups -OCH3 is 1. The molecule has 0 bridgehead atoms. The van der Waals surface area contributed by atoms with E-state index in [0.717, 1.165) is 41.7 Å². The Morgan fingerprint density at radius 2 is 2.00 bits per heavy atom. The van der Waals surface area contributed by atoms with E-state index in [1.54, 1.807) is 7.11 Å². The smallest absolute Gasteiger partial charge is 0.252 e. The van der Waals surface area contributed by atoms with Crippen LogP contribution in [0.5, 0.6) is 5.75 Å². The van der Waals surface area contributed by atoms with Gasteiger partial charge in [0.05, 0.1) is 31.8 Å². The lowest BCUT2D eigenvalue weighted by atomic mass is 10.1. The van der Waals surface area contributed by atoms with E-state index in [-0.39, 0.29) is 11.7 Å². The molecule has 9 nitrogen and oxygen atoms in total. The Morgan fingerprint density at radius 1 is 1.14 bits per heavy atom. The molecule has 1 fully saturated rings. The number of rotatable bonds is 9. The van der Waals surface area contributed by atoms with Crippen molar-refractivity contribution in [3.63, 3.8) is 0 Å². The molecule has 2 aromatic carbocycles. The molecule has 4 aromatic rings. The van der Waals surface area contributed by atoms with E-state index in [0.29, 0.717) is 37.5 Å². The van der Waals surface area contributed by atoms with Crippen molar-refractivity contribution in [1.29, 1.82) is 0 Å². The van der Waals surface area contributed by atoms with Gasteiger partial charge in [0.15, 0.2) is 5.82 Å². The molecule has 1 atom stereocenters. The van der Waals surface area contributed by atoms with E-state index in [9.17, 15) is 4.79 Å². The molecule has 9 heteroatoms. The second-order valence-corrected chi connectivity index (χ2v) is 9.12. The van der Waals surface area contributed by atoms with Gasteiger partial charge in [-0.2, -0.15) is 0 Å². The Morgan fingerprint density at radius 3 is 2.77 bits per heavy atom. The molecule has 1 saturated heterocycles. The van der Waals surface area contributed by atoms with Gasteiger partial charge in [-0.15, -0.1) is 5.10 Å². The highest BCUT2D eigenvalue weighted by Gasteiger charge is 2.21. The van der Waals surface area contributed by atoms with Crippen molar-refractivity contribution in [1.82, 2.24) is 30.1 Å². The first-order valence-electron chi connectivity index (χ1n) is 11.9. The van der Waals surface area contributed by atoms with Crippen molar-refractivity contribution in [2.75, 3.05) is 13.7 Å². The van der Waals surface area contributed by atoms with Crippen LogP contribution in [0.25, 0.3) is 10.9 Å². The molecule has 0 saturated carbocycles.